The van der Waals surface area contributed by atoms with Crippen LogP contribution in [-0.2, 0) is 19.0 Å². The predicted octanol–water partition coefficient (Wildman–Crippen LogP) is 2.75. The van der Waals surface area contributed by atoms with E-state index in [-0.39, 0.29) is 29.3 Å². The Balaban J connectivity index is 1.69. The van der Waals surface area contributed by atoms with E-state index in [0.717, 1.165) is 19.3 Å². The first-order valence-corrected chi connectivity index (χ1v) is 8.45. The molecule has 21 heavy (non-hydrogen) atoms. The number of hydrogen-bond acceptors (Lipinski definition) is 4. The number of rotatable bonds is 0. The molecule has 0 aromatic rings. The van der Waals surface area contributed by atoms with E-state index in [9.17, 15) is 4.79 Å². The minimum Gasteiger partial charge on any atom is -0.462 e. The van der Waals surface area contributed by atoms with Crippen molar-refractivity contribution in [1.82, 2.24) is 0 Å². The molecular weight excluding hydrogens is 268 g/mol. The van der Waals surface area contributed by atoms with Gasteiger partial charge in [0.2, 0.25) is 0 Å². The molecule has 0 aromatic carbocycles. The molecule has 2 aliphatic carbocycles. The first-order valence-electron chi connectivity index (χ1n) is 8.45. The monoisotopic (exact) mass is 294 g/mol. The van der Waals surface area contributed by atoms with E-state index < -0.39 is 5.79 Å². The molecule has 0 unspecified atom stereocenters. The molecule has 0 aromatic heterocycles. The molecule has 2 heterocycles. The molecule has 4 heteroatoms. The van der Waals surface area contributed by atoms with Gasteiger partial charge < -0.3 is 14.2 Å². The standard InChI is InChI=1S/C17H26O4/c1-10-12-4-5-16(3)6-7-17(19-8-9-20-17)11(2)13(16)14(12)21-15(10)18/h10-14H,4-9H2,1-3H3/t10-,11-,12-,13-,14+,16-/m0/s1. The van der Waals surface area contributed by atoms with Crippen LogP contribution in [0.15, 0.2) is 0 Å². The lowest BCUT2D eigenvalue weighted by molar-refractivity contribution is -0.262. The molecule has 0 bridgehead atoms. The van der Waals surface area contributed by atoms with Gasteiger partial charge in [-0.1, -0.05) is 20.8 Å². The maximum atomic E-state index is 12.1. The smallest absolute Gasteiger partial charge is 0.309 e. The third kappa shape index (κ3) is 1.78. The second kappa shape index (κ2) is 4.45. The van der Waals surface area contributed by atoms with Gasteiger partial charge in [0.05, 0.1) is 19.1 Å². The van der Waals surface area contributed by atoms with Crippen molar-refractivity contribution in [3.8, 4) is 0 Å². The Bertz CT molecular complexity index is 456. The number of hydrogen-bond donors (Lipinski definition) is 0. The maximum absolute atomic E-state index is 12.1. The summed E-state index contributed by atoms with van der Waals surface area (Å²) in [6.45, 7) is 8.03. The molecule has 0 radical (unpaired) electrons. The molecule has 4 aliphatic rings. The molecule has 2 saturated heterocycles. The molecule has 4 fully saturated rings. The fourth-order valence-electron chi connectivity index (χ4n) is 5.62. The van der Waals surface area contributed by atoms with Crippen molar-refractivity contribution in [2.24, 2.45) is 29.1 Å². The summed E-state index contributed by atoms with van der Waals surface area (Å²) in [4.78, 5) is 12.1. The highest BCUT2D eigenvalue weighted by Crippen LogP contribution is 2.61. The molecule has 0 N–H and O–H groups in total. The third-order valence-corrected chi connectivity index (χ3v) is 6.95. The quantitative estimate of drug-likeness (QED) is 0.644. The van der Waals surface area contributed by atoms with Crippen LogP contribution in [0.5, 0.6) is 0 Å². The van der Waals surface area contributed by atoms with Gasteiger partial charge >= 0.3 is 5.97 Å². The van der Waals surface area contributed by atoms with Crippen LogP contribution in [0.1, 0.15) is 46.5 Å². The molecule has 1 spiro atoms. The Morgan fingerprint density at radius 2 is 1.81 bits per heavy atom. The molecule has 6 atom stereocenters. The van der Waals surface area contributed by atoms with Crippen molar-refractivity contribution in [3.63, 3.8) is 0 Å². The lowest BCUT2D eigenvalue weighted by Gasteiger charge is -2.57. The summed E-state index contributed by atoms with van der Waals surface area (Å²) >= 11 is 0. The largest absolute Gasteiger partial charge is 0.462 e. The van der Waals surface area contributed by atoms with Crippen LogP contribution in [0.3, 0.4) is 0 Å². The number of carbonyl (C=O) groups is 1. The number of ether oxygens (including phenoxy) is 3. The van der Waals surface area contributed by atoms with Gasteiger partial charge in [0.25, 0.3) is 0 Å². The second-order valence-corrected chi connectivity index (χ2v) is 7.87. The average molecular weight is 294 g/mol. The molecular formula is C17H26O4. The zero-order valence-electron chi connectivity index (χ0n) is 13.3. The number of fused-ring (bicyclic) bond motifs is 3. The van der Waals surface area contributed by atoms with E-state index in [4.69, 9.17) is 14.2 Å². The molecule has 0 amide bonds. The number of carbonyl (C=O) groups excluding carboxylic acids is 1. The van der Waals surface area contributed by atoms with Gasteiger partial charge in [0.15, 0.2) is 5.79 Å². The minimum atomic E-state index is -0.426. The van der Waals surface area contributed by atoms with Crippen LogP contribution in [0, 0.1) is 29.1 Å². The van der Waals surface area contributed by atoms with Crippen molar-refractivity contribution in [2.45, 2.75) is 58.3 Å². The molecule has 4 rings (SSSR count). The van der Waals surface area contributed by atoms with Gasteiger partial charge in [-0.15, -0.1) is 0 Å². The van der Waals surface area contributed by atoms with Crippen molar-refractivity contribution in [3.05, 3.63) is 0 Å². The normalized spacial score (nSPS) is 51.6. The van der Waals surface area contributed by atoms with Crippen LogP contribution in [-0.4, -0.2) is 31.1 Å². The van der Waals surface area contributed by atoms with Crippen LogP contribution in [0.4, 0.5) is 0 Å². The summed E-state index contributed by atoms with van der Waals surface area (Å²) in [7, 11) is 0. The summed E-state index contributed by atoms with van der Waals surface area (Å²) in [5, 5.41) is 0. The van der Waals surface area contributed by atoms with Crippen LogP contribution < -0.4 is 0 Å². The van der Waals surface area contributed by atoms with Gasteiger partial charge in [-0.3, -0.25) is 4.79 Å². The third-order valence-electron chi connectivity index (χ3n) is 6.95. The lowest BCUT2D eigenvalue weighted by Crippen LogP contribution is -2.58. The highest BCUT2D eigenvalue weighted by atomic mass is 16.7. The Morgan fingerprint density at radius 3 is 2.52 bits per heavy atom. The Morgan fingerprint density at radius 1 is 1.10 bits per heavy atom. The van der Waals surface area contributed by atoms with Crippen LogP contribution >= 0.6 is 0 Å². The SMILES string of the molecule is C[C@@H]1C(=O)O[C@@H]2[C@H]1CC[C@@]1(C)CCC3(OCCO3)[C@@H](C)[C@@H]21. The van der Waals surface area contributed by atoms with Gasteiger partial charge in [0, 0.05) is 24.2 Å². The van der Waals surface area contributed by atoms with Crippen molar-refractivity contribution < 1.29 is 19.0 Å². The van der Waals surface area contributed by atoms with Gasteiger partial charge in [-0.05, 0) is 24.7 Å². The lowest BCUT2D eigenvalue weighted by atomic mass is 9.52. The van der Waals surface area contributed by atoms with E-state index >= 15 is 0 Å². The Hall–Kier alpha value is -0.610. The van der Waals surface area contributed by atoms with Crippen molar-refractivity contribution >= 4 is 5.97 Å². The topological polar surface area (TPSA) is 44.8 Å². The van der Waals surface area contributed by atoms with Gasteiger partial charge in [-0.2, -0.15) is 0 Å². The Labute approximate surface area is 126 Å². The van der Waals surface area contributed by atoms with E-state index in [2.05, 4.69) is 13.8 Å². The fraction of sp³-hybridized carbons (Fsp3) is 0.941. The first kappa shape index (κ1) is 14.0. The summed E-state index contributed by atoms with van der Waals surface area (Å²) in [6, 6.07) is 0. The molecule has 2 saturated carbocycles. The summed E-state index contributed by atoms with van der Waals surface area (Å²) in [5.41, 5.74) is 0.255. The summed E-state index contributed by atoms with van der Waals surface area (Å²) < 4.78 is 17.9. The highest BCUT2D eigenvalue weighted by molar-refractivity contribution is 5.75. The fourth-order valence-corrected chi connectivity index (χ4v) is 5.62. The van der Waals surface area contributed by atoms with E-state index in [1.165, 1.54) is 6.42 Å². The Kier molecular flexibility index (Phi) is 2.97. The molecule has 118 valence electrons. The van der Waals surface area contributed by atoms with Crippen molar-refractivity contribution in [1.29, 1.82) is 0 Å². The van der Waals surface area contributed by atoms with Gasteiger partial charge in [0.1, 0.15) is 6.10 Å². The summed E-state index contributed by atoms with van der Waals surface area (Å²) in [5.74, 6) is 0.644. The van der Waals surface area contributed by atoms with E-state index in [1.54, 1.807) is 0 Å². The first-order chi connectivity index (χ1) is 9.97. The second-order valence-electron chi connectivity index (χ2n) is 7.87. The predicted molar refractivity (Wildman–Crippen MR) is 76.4 cm³/mol. The number of esters is 1. The molecule has 4 nitrogen and oxygen atoms in total. The average Bonchev–Trinajstić information content (AvgIpc) is 3.03. The zero-order valence-corrected chi connectivity index (χ0v) is 13.3. The van der Waals surface area contributed by atoms with Crippen LogP contribution in [0.25, 0.3) is 0 Å². The van der Waals surface area contributed by atoms with Crippen molar-refractivity contribution in [2.75, 3.05) is 13.2 Å². The zero-order chi connectivity index (χ0) is 14.8. The van der Waals surface area contributed by atoms with E-state index in [1.807, 2.05) is 6.92 Å². The highest BCUT2D eigenvalue weighted by Gasteiger charge is 2.63. The minimum absolute atomic E-state index is 0.00525. The van der Waals surface area contributed by atoms with E-state index in [0.29, 0.717) is 25.0 Å². The summed E-state index contributed by atoms with van der Waals surface area (Å²) in [6.07, 6.45) is 4.46. The molecule has 2 aliphatic heterocycles. The van der Waals surface area contributed by atoms with Crippen LogP contribution in [0.2, 0.25) is 0 Å². The van der Waals surface area contributed by atoms with Gasteiger partial charge in [-0.25, -0.2) is 0 Å². The maximum Gasteiger partial charge on any atom is 0.309 e.